The molecule has 1 heterocycles. The van der Waals surface area contributed by atoms with Crippen LogP contribution in [0.1, 0.15) is 60.2 Å². The molecule has 41 heavy (non-hydrogen) atoms. The van der Waals surface area contributed by atoms with Crippen LogP contribution in [0.3, 0.4) is 0 Å². The van der Waals surface area contributed by atoms with E-state index < -0.39 is 22.0 Å². The van der Waals surface area contributed by atoms with Gasteiger partial charge in [0.15, 0.2) is 0 Å². The van der Waals surface area contributed by atoms with E-state index in [1.807, 2.05) is 75.4 Å². The summed E-state index contributed by atoms with van der Waals surface area (Å²) in [4.78, 5) is 41.9. The molecule has 0 fully saturated rings. The summed E-state index contributed by atoms with van der Waals surface area (Å²) >= 11 is 0. The number of amides is 3. The van der Waals surface area contributed by atoms with Crippen LogP contribution in [0.2, 0.25) is 0 Å². The van der Waals surface area contributed by atoms with Gasteiger partial charge in [-0.3, -0.25) is 14.4 Å². The van der Waals surface area contributed by atoms with E-state index in [0.29, 0.717) is 6.42 Å². The Morgan fingerprint density at radius 3 is 2.32 bits per heavy atom. The van der Waals surface area contributed by atoms with Crippen molar-refractivity contribution in [3.8, 4) is 0 Å². The highest BCUT2D eigenvalue weighted by Gasteiger charge is 2.40. The second-order valence-corrected chi connectivity index (χ2v) is 12.3. The Morgan fingerprint density at radius 2 is 1.63 bits per heavy atom. The molecule has 0 bridgehead atoms. The molecule has 2 atom stereocenters. The second kappa shape index (κ2) is 13.1. The molecule has 3 amide bonds. The van der Waals surface area contributed by atoms with Crippen LogP contribution in [0.4, 0.5) is 0 Å². The predicted octanol–water partition coefficient (Wildman–Crippen LogP) is 4.47. The number of hydrogen-bond donors (Lipinski definition) is 1. The number of rotatable bonds is 12. The topological polar surface area (TPSA) is 104 Å². The number of sulfonamides is 1. The molecule has 3 aromatic carbocycles. The number of carbonyl (C=O) groups is 3. The van der Waals surface area contributed by atoms with Crippen molar-refractivity contribution in [3.63, 3.8) is 0 Å². The largest absolute Gasteiger partial charge is 0.352 e. The highest BCUT2D eigenvalue weighted by Crippen LogP contribution is 2.30. The van der Waals surface area contributed by atoms with Crippen LogP contribution in [0.25, 0.3) is 0 Å². The number of benzene rings is 3. The Balaban J connectivity index is 1.57. The Hall–Kier alpha value is -3.98. The van der Waals surface area contributed by atoms with E-state index in [0.717, 1.165) is 27.4 Å². The molecule has 216 valence electrons. The summed E-state index contributed by atoms with van der Waals surface area (Å²) in [6.07, 6.45) is 1.18. The van der Waals surface area contributed by atoms with Crippen molar-refractivity contribution in [2.24, 2.45) is 0 Å². The minimum absolute atomic E-state index is 0.0120. The van der Waals surface area contributed by atoms with Gasteiger partial charge in [-0.25, -0.2) is 12.7 Å². The van der Waals surface area contributed by atoms with E-state index in [2.05, 4.69) is 5.32 Å². The number of hydrogen-bond acceptors (Lipinski definition) is 5. The molecule has 0 spiro atoms. The average molecular weight is 576 g/mol. The first-order valence-electron chi connectivity index (χ1n) is 14.0. The molecule has 0 saturated heterocycles. The molecule has 1 aliphatic rings. The zero-order valence-electron chi connectivity index (χ0n) is 23.7. The summed E-state index contributed by atoms with van der Waals surface area (Å²) in [6.45, 7) is 5.98. The van der Waals surface area contributed by atoms with E-state index in [-0.39, 0.29) is 54.2 Å². The van der Waals surface area contributed by atoms with Crippen molar-refractivity contribution >= 4 is 27.7 Å². The summed E-state index contributed by atoms with van der Waals surface area (Å²) in [6, 6.07) is 22.6. The molecule has 0 radical (unpaired) electrons. The number of nitrogens with one attached hydrogen (secondary N) is 1. The van der Waals surface area contributed by atoms with E-state index in [1.54, 1.807) is 17.0 Å². The minimum Gasteiger partial charge on any atom is -0.352 e. The fraction of sp³-hybridized carbons (Fsp3) is 0.344. The van der Waals surface area contributed by atoms with Crippen LogP contribution >= 0.6 is 0 Å². The predicted molar refractivity (Wildman–Crippen MR) is 157 cm³/mol. The second-order valence-electron chi connectivity index (χ2n) is 10.5. The first-order valence-corrected chi connectivity index (χ1v) is 15.4. The Bertz CT molecular complexity index is 1510. The molecular weight excluding hydrogens is 538 g/mol. The minimum atomic E-state index is -3.96. The maximum Gasteiger partial charge on any atom is 0.269 e. The van der Waals surface area contributed by atoms with E-state index in [1.165, 1.54) is 12.1 Å². The molecule has 0 aliphatic carbocycles. The van der Waals surface area contributed by atoms with Crippen LogP contribution in [0, 0.1) is 6.92 Å². The standard InChI is InChI=1S/C32H37N3O5S/c1-4-24(3)33-31(37)28(21-25-13-6-5-7-14-25)34(22-26-15-10-12-23(2)20-26)30(36)18-11-19-35-32(38)27-16-8-9-17-29(27)41(35,39)40/h5-10,12-17,20,24,28H,4,11,18-19,21-22H2,1-3H3,(H,33,37)/t24-,28+/m1/s1. The fourth-order valence-electron chi connectivity index (χ4n) is 4.97. The zero-order chi connectivity index (χ0) is 29.6. The molecule has 9 heteroatoms. The summed E-state index contributed by atoms with van der Waals surface area (Å²) in [5, 5.41) is 3.04. The van der Waals surface area contributed by atoms with Gasteiger partial charge in [0.2, 0.25) is 11.8 Å². The van der Waals surface area contributed by atoms with Gasteiger partial charge in [0, 0.05) is 32.0 Å². The Morgan fingerprint density at radius 1 is 0.951 bits per heavy atom. The van der Waals surface area contributed by atoms with Crippen LogP contribution in [-0.2, 0) is 32.6 Å². The van der Waals surface area contributed by atoms with Crippen LogP contribution in [0.15, 0.2) is 83.8 Å². The maximum atomic E-state index is 13.9. The van der Waals surface area contributed by atoms with Crippen LogP contribution in [0.5, 0.6) is 0 Å². The molecule has 8 nitrogen and oxygen atoms in total. The van der Waals surface area contributed by atoms with E-state index >= 15 is 0 Å². The van der Waals surface area contributed by atoms with Crippen molar-refractivity contribution in [2.75, 3.05) is 6.54 Å². The van der Waals surface area contributed by atoms with Crippen molar-refractivity contribution < 1.29 is 22.8 Å². The van der Waals surface area contributed by atoms with Crippen molar-refractivity contribution in [2.45, 2.75) is 70.0 Å². The quantitative estimate of drug-likeness (QED) is 0.343. The molecular formula is C32H37N3O5S. The molecule has 4 rings (SSSR count). The lowest BCUT2D eigenvalue weighted by Gasteiger charge is -2.32. The van der Waals surface area contributed by atoms with Crippen molar-refractivity contribution in [1.82, 2.24) is 14.5 Å². The first kappa shape index (κ1) is 30.0. The number of fused-ring (bicyclic) bond motifs is 1. The van der Waals surface area contributed by atoms with Crippen LogP contribution in [-0.4, -0.2) is 54.0 Å². The van der Waals surface area contributed by atoms with Crippen LogP contribution < -0.4 is 5.32 Å². The molecule has 0 aromatic heterocycles. The van der Waals surface area contributed by atoms with Gasteiger partial charge in [-0.15, -0.1) is 0 Å². The molecule has 3 aromatic rings. The molecule has 0 saturated carbocycles. The molecule has 0 unspecified atom stereocenters. The van der Waals surface area contributed by atoms with Gasteiger partial charge < -0.3 is 10.2 Å². The zero-order valence-corrected chi connectivity index (χ0v) is 24.6. The van der Waals surface area contributed by atoms with E-state index in [4.69, 9.17) is 0 Å². The maximum absolute atomic E-state index is 13.9. The first-order chi connectivity index (χ1) is 19.6. The van der Waals surface area contributed by atoms with Gasteiger partial charge >= 0.3 is 0 Å². The molecule has 1 aliphatic heterocycles. The number of aryl methyl sites for hydroxylation is 1. The third-order valence-corrected chi connectivity index (χ3v) is 9.21. The Kier molecular flexibility index (Phi) is 9.60. The number of carbonyl (C=O) groups excluding carboxylic acids is 3. The monoisotopic (exact) mass is 575 g/mol. The lowest BCUT2D eigenvalue weighted by atomic mass is 10.0. The van der Waals surface area contributed by atoms with Gasteiger partial charge in [-0.05, 0) is 49.9 Å². The third kappa shape index (κ3) is 7.03. The highest BCUT2D eigenvalue weighted by atomic mass is 32.2. The highest BCUT2D eigenvalue weighted by molar-refractivity contribution is 7.90. The summed E-state index contributed by atoms with van der Waals surface area (Å²) in [5.74, 6) is -1.11. The van der Waals surface area contributed by atoms with Gasteiger partial charge in [0.25, 0.3) is 15.9 Å². The van der Waals surface area contributed by atoms with Gasteiger partial charge in [0.1, 0.15) is 10.9 Å². The van der Waals surface area contributed by atoms with Gasteiger partial charge in [-0.2, -0.15) is 0 Å². The Labute approximate surface area is 242 Å². The lowest BCUT2D eigenvalue weighted by Crippen LogP contribution is -2.52. The van der Waals surface area contributed by atoms with E-state index in [9.17, 15) is 22.8 Å². The van der Waals surface area contributed by atoms with Gasteiger partial charge in [-0.1, -0.05) is 79.2 Å². The van der Waals surface area contributed by atoms with Crippen molar-refractivity contribution in [3.05, 3.63) is 101 Å². The normalized spacial score (nSPS) is 15.2. The molecule has 1 N–H and O–H groups in total. The van der Waals surface area contributed by atoms with Gasteiger partial charge in [0.05, 0.1) is 5.56 Å². The van der Waals surface area contributed by atoms with Crippen molar-refractivity contribution in [1.29, 1.82) is 0 Å². The smallest absolute Gasteiger partial charge is 0.269 e. The summed E-state index contributed by atoms with van der Waals surface area (Å²) in [5.41, 5.74) is 2.99. The average Bonchev–Trinajstić information content (AvgIpc) is 3.15. The summed E-state index contributed by atoms with van der Waals surface area (Å²) in [7, 11) is -3.96. The SMILES string of the molecule is CC[C@@H](C)NC(=O)[C@H](Cc1ccccc1)N(Cc1cccc(C)c1)C(=O)CCCN1C(=O)c2ccccc2S1(=O)=O. The lowest BCUT2D eigenvalue weighted by molar-refractivity contribution is -0.141. The number of nitrogens with zero attached hydrogens (tertiary/aromatic N) is 2. The fourth-order valence-corrected chi connectivity index (χ4v) is 6.58. The summed E-state index contributed by atoms with van der Waals surface area (Å²) < 4.78 is 26.8. The third-order valence-electron chi connectivity index (χ3n) is 7.37.